The second kappa shape index (κ2) is 7.18. The van der Waals surface area contributed by atoms with Gasteiger partial charge in [0.1, 0.15) is 17.7 Å². The van der Waals surface area contributed by atoms with Gasteiger partial charge >= 0.3 is 5.97 Å². The van der Waals surface area contributed by atoms with E-state index in [0.29, 0.717) is 25.2 Å². The fourth-order valence-electron chi connectivity index (χ4n) is 3.15. The molecule has 1 atom stereocenters. The molecule has 0 aliphatic carbocycles. The van der Waals surface area contributed by atoms with Crippen molar-refractivity contribution in [2.75, 3.05) is 11.4 Å². The van der Waals surface area contributed by atoms with Gasteiger partial charge in [-0.3, -0.25) is 19.2 Å². The van der Waals surface area contributed by atoms with Crippen LogP contribution in [0.15, 0.2) is 24.3 Å². The summed E-state index contributed by atoms with van der Waals surface area (Å²) in [6, 6.07) is 4.02. The van der Waals surface area contributed by atoms with Crippen LogP contribution in [0.4, 0.5) is 10.2 Å². The zero-order chi connectivity index (χ0) is 19.7. The van der Waals surface area contributed by atoms with Crippen molar-refractivity contribution in [3.8, 4) is 0 Å². The van der Waals surface area contributed by atoms with Crippen molar-refractivity contribution in [3.05, 3.63) is 46.9 Å². The molecule has 3 rings (SSSR count). The highest BCUT2D eigenvalue weighted by Crippen LogP contribution is 2.22. The molecule has 0 spiro atoms. The molecule has 1 saturated heterocycles. The van der Waals surface area contributed by atoms with E-state index in [1.54, 1.807) is 22.7 Å². The molecule has 2 amide bonds. The SMILES string of the molecule is Cc1cc(N2CCCC(NC(=O)c3ccc(C(=O)O)cc3F)C2=O)n(C)n1. The Labute approximate surface area is 154 Å². The molecule has 8 nitrogen and oxygen atoms in total. The number of amides is 2. The van der Waals surface area contributed by atoms with E-state index >= 15 is 0 Å². The van der Waals surface area contributed by atoms with Crippen molar-refractivity contribution in [2.45, 2.75) is 25.8 Å². The van der Waals surface area contributed by atoms with E-state index in [2.05, 4.69) is 10.4 Å². The van der Waals surface area contributed by atoms with Gasteiger partial charge in [-0.2, -0.15) is 5.10 Å². The van der Waals surface area contributed by atoms with Gasteiger partial charge in [-0.05, 0) is 38.0 Å². The molecule has 2 aromatic rings. The summed E-state index contributed by atoms with van der Waals surface area (Å²) in [6.07, 6.45) is 1.11. The number of aromatic nitrogens is 2. The normalized spacial score (nSPS) is 17.1. The van der Waals surface area contributed by atoms with Crippen molar-refractivity contribution in [1.29, 1.82) is 0 Å². The highest BCUT2D eigenvalue weighted by atomic mass is 19.1. The summed E-state index contributed by atoms with van der Waals surface area (Å²) in [5, 5.41) is 15.7. The van der Waals surface area contributed by atoms with Crippen LogP contribution in [0.3, 0.4) is 0 Å². The van der Waals surface area contributed by atoms with E-state index < -0.39 is 23.7 Å². The highest BCUT2D eigenvalue weighted by Gasteiger charge is 2.33. The minimum Gasteiger partial charge on any atom is -0.478 e. The maximum Gasteiger partial charge on any atom is 0.335 e. The van der Waals surface area contributed by atoms with Gasteiger partial charge in [0.25, 0.3) is 11.8 Å². The van der Waals surface area contributed by atoms with Crippen molar-refractivity contribution >= 4 is 23.6 Å². The number of carboxylic acid groups (broad SMARTS) is 1. The van der Waals surface area contributed by atoms with E-state index in [9.17, 15) is 18.8 Å². The van der Waals surface area contributed by atoms with Crippen LogP contribution >= 0.6 is 0 Å². The topological polar surface area (TPSA) is 105 Å². The number of nitrogens with zero attached hydrogens (tertiary/aromatic N) is 3. The number of carbonyl (C=O) groups is 3. The van der Waals surface area contributed by atoms with Gasteiger partial charge in [-0.1, -0.05) is 0 Å². The van der Waals surface area contributed by atoms with Gasteiger partial charge in [-0.25, -0.2) is 9.18 Å². The van der Waals surface area contributed by atoms with Crippen LogP contribution < -0.4 is 10.2 Å². The number of hydrogen-bond acceptors (Lipinski definition) is 4. The number of rotatable bonds is 4. The molecular formula is C18H19FN4O4. The maximum absolute atomic E-state index is 14.1. The van der Waals surface area contributed by atoms with Crippen LogP contribution in [0.5, 0.6) is 0 Å². The van der Waals surface area contributed by atoms with E-state index in [4.69, 9.17) is 5.11 Å². The number of carboxylic acids is 1. The lowest BCUT2D eigenvalue weighted by molar-refractivity contribution is -0.121. The number of carbonyl (C=O) groups excluding carboxylic acids is 2. The average Bonchev–Trinajstić information content (AvgIpc) is 2.94. The summed E-state index contributed by atoms with van der Waals surface area (Å²) in [4.78, 5) is 37.6. The number of nitrogens with one attached hydrogen (secondary N) is 1. The number of aryl methyl sites for hydroxylation is 2. The minimum atomic E-state index is -1.29. The van der Waals surface area contributed by atoms with E-state index in [1.807, 2.05) is 6.92 Å². The Hall–Kier alpha value is -3.23. The molecule has 1 aromatic heterocycles. The molecule has 0 bridgehead atoms. The lowest BCUT2D eigenvalue weighted by Crippen LogP contribution is -2.53. The zero-order valence-electron chi connectivity index (χ0n) is 14.9. The molecule has 142 valence electrons. The van der Waals surface area contributed by atoms with Crippen LogP contribution in [-0.4, -0.2) is 45.3 Å². The summed E-state index contributed by atoms with van der Waals surface area (Å²) in [5.41, 5.74) is 0.212. The average molecular weight is 374 g/mol. The van der Waals surface area contributed by atoms with Crippen LogP contribution in [0.25, 0.3) is 0 Å². The number of anilines is 1. The van der Waals surface area contributed by atoms with Crippen LogP contribution in [-0.2, 0) is 11.8 Å². The lowest BCUT2D eigenvalue weighted by Gasteiger charge is -2.32. The van der Waals surface area contributed by atoms with Crippen LogP contribution in [0.1, 0.15) is 39.3 Å². The smallest absolute Gasteiger partial charge is 0.335 e. The van der Waals surface area contributed by atoms with E-state index in [0.717, 1.165) is 23.9 Å². The predicted molar refractivity (Wildman–Crippen MR) is 94.1 cm³/mol. The summed E-state index contributed by atoms with van der Waals surface area (Å²) in [6.45, 7) is 2.33. The van der Waals surface area contributed by atoms with Crippen LogP contribution in [0, 0.1) is 12.7 Å². The van der Waals surface area contributed by atoms with Crippen molar-refractivity contribution in [2.24, 2.45) is 7.05 Å². The first kappa shape index (κ1) is 18.6. The van der Waals surface area contributed by atoms with Gasteiger partial charge < -0.3 is 10.4 Å². The van der Waals surface area contributed by atoms with Gasteiger partial charge in [0.15, 0.2) is 0 Å². The zero-order valence-corrected chi connectivity index (χ0v) is 14.9. The predicted octanol–water partition coefficient (Wildman–Crippen LogP) is 1.49. The van der Waals surface area contributed by atoms with Gasteiger partial charge in [0, 0.05) is 19.7 Å². The second-order valence-corrected chi connectivity index (χ2v) is 6.43. The van der Waals surface area contributed by atoms with E-state index in [1.165, 1.54) is 0 Å². The summed E-state index contributed by atoms with van der Waals surface area (Å²) < 4.78 is 15.7. The first-order valence-electron chi connectivity index (χ1n) is 8.43. The van der Waals surface area contributed by atoms with Crippen molar-refractivity contribution < 1.29 is 23.9 Å². The fraction of sp³-hybridized carbons (Fsp3) is 0.333. The van der Waals surface area contributed by atoms with Gasteiger partial charge in [0.05, 0.1) is 16.8 Å². The van der Waals surface area contributed by atoms with Crippen molar-refractivity contribution in [1.82, 2.24) is 15.1 Å². The van der Waals surface area contributed by atoms with Crippen LogP contribution in [0.2, 0.25) is 0 Å². The lowest BCUT2D eigenvalue weighted by atomic mass is 10.0. The maximum atomic E-state index is 14.1. The molecular weight excluding hydrogens is 355 g/mol. The van der Waals surface area contributed by atoms with Gasteiger partial charge in [0.2, 0.25) is 0 Å². The molecule has 1 aliphatic heterocycles. The second-order valence-electron chi connectivity index (χ2n) is 6.43. The number of aromatic carboxylic acids is 1. The molecule has 1 unspecified atom stereocenters. The first-order chi connectivity index (χ1) is 12.8. The Kier molecular flexibility index (Phi) is 4.93. The Bertz CT molecular complexity index is 924. The number of benzene rings is 1. The third-order valence-electron chi connectivity index (χ3n) is 4.46. The summed E-state index contributed by atoms with van der Waals surface area (Å²) in [5.74, 6) is -2.65. The quantitative estimate of drug-likeness (QED) is 0.844. The molecule has 1 aromatic carbocycles. The third-order valence-corrected chi connectivity index (χ3v) is 4.46. The monoisotopic (exact) mass is 374 g/mol. The Morgan fingerprint density at radius 2 is 2.07 bits per heavy atom. The molecule has 27 heavy (non-hydrogen) atoms. The largest absolute Gasteiger partial charge is 0.478 e. The number of halogens is 1. The van der Waals surface area contributed by atoms with Gasteiger partial charge in [-0.15, -0.1) is 0 Å². The molecule has 1 aliphatic rings. The summed E-state index contributed by atoms with van der Waals surface area (Å²) >= 11 is 0. The van der Waals surface area contributed by atoms with E-state index in [-0.39, 0.29) is 17.0 Å². The highest BCUT2D eigenvalue weighted by molar-refractivity contribution is 6.03. The Morgan fingerprint density at radius 1 is 1.33 bits per heavy atom. The molecule has 0 radical (unpaired) electrons. The summed E-state index contributed by atoms with van der Waals surface area (Å²) in [7, 11) is 1.73. The molecule has 2 heterocycles. The van der Waals surface area contributed by atoms with Crippen molar-refractivity contribution in [3.63, 3.8) is 0 Å². The molecule has 9 heteroatoms. The third kappa shape index (κ3) is 3.67. The molecule has 2 N–H and O–H groups in total. The minimum absolute atomic E-state index is 0.254. The molecule has 1 fully saturated rings. The first-order valence-corrected chi connectivity index (χ1v) is 8.43. The molecule has 0 saturated carbocycles. The Morgan fingerprint density at radius 3 is 2.67 bits per heavy atom. The number of piperidine rings is 1. The standard InChI is InChI=1S/C18H19FN4O4/c1-10-8-15(22(2)21-10)23-7-3-4-14(17(23)25)20-16(24)12-6-5-11(18(26)27)9-13(12)19/h5-6,8-9,14H,3-4,7H2,1-2H3,(H,20,24)(H,26,27). The number of hydrogen-bond donors (Lipinski definition) is 2. The Balaban J connectivity index is 1.77. The fourth-order valence-corrected chi connectivity index (χ4v) is 3.15.